The number of phenolic OH excluding ortho intramolecular Hbond substituents is 1. The van der Waals surface area contributed by atoms with Crippen molar-refractivity contribution in [2.45, 2.75) is 38.5 Å². The molecule has 0 saturated carbocycles. The molecule has 4 nitrogen and oxygen atoms in total. The fourth-order valence-electron chi connectivity index (χ4n) is 6.27. The maximum absolute atomic E-state index is 11.3. The molecule has 1 heterocycles. The number of methoxy groups -OCH3 is 2. The summed E-state index contributed by atoms with van der Waals surface area (Å²) in [5.74, 6) is 1.79. The molecule has 184 valence electrons. The van der Waals surface area contributed by atoms with E-state index in [9.17, 15) is 5.11 Å². The number of benzene rings is 4. The van der Waals surface area contributed by atoms with Gasteiger partial charge in [-0.2, -0.15) is 0 Å². The Bertz CT molecular complexity index is 1470. The number of piperidine rings is 1. The fourth-order valence-corrected chi connectivity index (χ4v) is 6.27. The van der Waals surface area contributed by atoms with Crippen molar-refractivity contribution < 1.29 is 14.6 Å². The van der Waals surface area contributed by atoms with Crippen LogP contribution >= 0.6 is 0 Å². The third-order valence-corrected chi connectivity index (χ3v) is 8.14. The second-order valence-electron chi connectivity index (χ2n) is 10.5. The first-order valence-electron chi connectivity index (χ1n) is 12.9. The Hall–Kier alpha value is -3.66. The van der Waals surface area contributed by atoms with Gasteiger partial charge < -0.3 is 19.5 Å². The van der Waals surface area contributed by atoms with Gasteiger partial charge in [-0.3, -0.25) is 0 Å². The molecular formula is C32H33NO3. The highest BCUT2D eigenvalue weighted by Gasteiger charge is 2.39. The van der Waals surface area contributed by atoms with E-state index in [4.69, 9.17) is 9.47 Å². The summed E-state index contributed by atoms with van der Waals surface area (Å²) in [5.41, 5.74) is 7.88. The second kappa shape index (κ2) is 8.48. The Morgan fingerprint density at radius 3 is 2.25 bits per heavy atom. The van der Waals surface area contributed by atoms with Crippen molar-refractivity contribution in [2.24, 2.45) is 0 Å². The Kier molecular flexibility index (Phi) is 5.36. The number of aromatic hydroxyl groups is 1. The highest BCUT2D eigenvalue weighted by atomic mass is 16.5. The number of ether oxygens (including phenoxy) is 2. The zero-order valence-electron chi connectivity index (χ0n) is 21.5. The van der Waals surface area contributed by atoms with Gasteiger partial charge in [0.15, 0.2) is 5.75 Å². The summed E-state index contributed by atoms with van der Waals surface area (Å²) in [7, 11) is 3.43. The molecule has 4 aromatic carbocycles. The van der Waals surface area contributed by atoms with Crippen LogP contribution in [0.15, 0.2) is 60.7 Å². The lowest BCUT2D eigenvalue weighted by Gasteiger charge is -2.32. The number of hydrogen-bond acceptors (Lipinski definition) is 4. The topological polar surface area (TPSA) is 41.9 Å². The van der Waals surface area contributed by atoms with Crippen molar-refractivity contribution in [2.75, 3.05) is 32.2 Å². The molecule has 1 saturated heterocycles. The molecule has 36 heavy (non-hydrogen) atoms. The number of hydrogen-bond donors (Lipinski definition) is 1. The average molecular weight is 480 g/mol. The van der Waals surface area contributed by atoms with Crippen LogP contribution in [0.25, 0.3) is 33.0 Å². The lowest BCUT2D eigenvalue weighted by molar-refractivity contribution is 0.394. The van der Waals surface area contributed by atoms with E-state index >= 15 is 0 Å². The highest BCUT2D eigenvalue weighted by molar-refractivity contribution is 6.11. The predicted octanol–water partition coefficient (Wildman–Crippen LogP) is 7.53. The summed E-state index contributed by atoms with van der Waals surface area (Å²) in [6.45, 7) is 6.45. The molecule has 0 spiro atoms. The van der Waals surface area contributed by atoms with Gasteiger partial charge in [0.1, 0.15) is 17.2 Å². The smallest absolute Gasteiger partial charge is 0.154 e. The van der Waals surface area contributed by atoms with Crippen LogP contribution in [0.4, 0.5) is 5.69 Å². The molecule has 0 atom stereocenters. The molecule has 1 N–H and O–H groups in total. The Morgan fingerprint density at radius 1 is 0.806 bits per heavy atom. The first-order valence-corrected chi connectivity index (χ1v) is 12.9. The van der Waals surface area contributed by atoms with Crippen molar-refractivity contribution >= 4 is 16.5 Å². The number of phenols is 1. The van der Waals surface area contributed by atoms with E-state index in [2.05, 4.69) is 61.2 Å². The van der Waals surface area contributed by atoms with Gasteiger partial charge in [-0.05, 0) is 70.8 Å². The van der Waals surface area contributed by atoms with Crippen molar-refractivity contribution in [1.82, 2.24) is 0 Å². The van der Waals surface area contributed by atoms with Gasteiger partial charge in [-0.1, -0.05) is 56.3 Å². The van der Waals surface area contributed by atoms with Crippen molar-refractivity contribution in [3.8, 4) is 39.5 Å². The van der Waals surface area contributed by atoms with Crippen LogP contribution < -0.4 is 14.4 Å². The molecule has 2 aliphatic rings. The van der Waals surface area contributed by atoms with Crippen molar-refractivity contribution in [1.29, 1.82) is 0 Å². The van der Waals surface area contributed by atoms with Gasteiger partial charge in [0.2, 0.25) is 0 Å². The second-order valence-corrected chi connectivity index (χ2v) is 10.5. The summed E-state index contributed by atoms with van der Waals surface area (Å²) in [6.07, 6.45) is 3.55. The van der Waals surface area contributed by atoms with Gasteiger partial charge >= 0.3 is 0 Å². The molecule has 1 aliphatic heterocycles. The van der Waals surface area contributed by atoms with Gasteiger partial charge in [0, 0.05) is 29.3 Å². The molecule has 4 heteroatoms. The summed E-state index contributed by atoms with van der Waals surface area (Å²) in [5, 5.41) is 13.0. The lowest BCUT2D eigenvalue weighted by atomic mass is 9.81. The van der Waals surface area contributed by atoms with Gasteiger partial charge in [0.05, 0.1) is 14.2 Å². The van der Waals surface area contributed by atoms with Crippen molar-refractivity contribution in [3.63, 3.8) is 0 Å². The molecule has 0 aromatic heterocycles. The maximum atomic E-state index is 11.3. The molecule has 4 aromatic rings. The minimum atomic E-state index is -0.267. The van der Waals surface area contributed by atoms with E-state index < -0.39 is 0 Å². The normalized spacial score (nSPS) is 16.1. The molecular weight excluding hydrogens is 446 g/mol. The van der Waals surface area contributed by atoms with E-state index in [-0.39, 0.29) is 11.2 Å². The third kappa shape index (κ3) is 3.27. The van der Waals surface area contributed by atoms with E-state index in [1.807, 2.05) is 18.2 Å². The first-order chi connectivity index (χ1) is 17.5. The van der Waals surface area contributed by atoms with E-state index in [0.717, 1.165) is 65.0 Å². The first kappa shape index (κ1) is 22.8. The van der Waals surface area contributed by atoms with Crippen LogP contribution in [0, 0.1) is 0 Å². The van der Waals surface area contributed by atoms with Gasteiger partial charge in [-0.25, -0.2) is 0 Å². The van der Waals surface area contributed by atoms with Crippen LogP contribution in [-0.4, -0.2) is 32.4 Å². The van der Waals surface area contributed by atoms with Gasteiger partial charge in [0.25, 0.3) is 0 Å². The molecule has 6 rings (SSSR count). The van der Waals surface area contributed by atoms with Crippen molar-refractivity contribution in [3.05, 3.63) is 71.8 Å². The minimum absolute atomic E-state index is 0.259. The number of nitrogens with zero attached hydrogens (tertiary/aromatic N) is 1. The summed E-state index contributed by atoms with van der Waals surface area (Å²) in [4.78, 5) is 2.39. The molecule has 0 unspecified atom stereocenters. The van der Waals surface area contributed by atoms with Crippen LogP contribution in [-0.2, 0) is 5.41 Å². The lowest BCUT2D eigenvalue weighted by Crippen LogP contribution is -2.30. The maximum Gasteiger partial charge on any atom is 0.154 e. The minimum Gasteiger partial charge on any atom is -0.507 e. The van der Waals surface area contributed by atoms with Gasteiger partial charge in [-0.15, -0.1) is 0 Å². The molecule has 1 aliphatic carbocycles. The van der Waals surface area contributed by atoms with E-state index in [1.165, 1.54) is 28.7 Å². The Morgan fingerprint density at radius 2 is 1.56 bits per heavy atom. The molecule has 0 bridgehead atoms. The monoisotopic (exact) mass is 479 g/mol. The van der Waals surface area contributed by atoms with E-state index in [0.29, 0.717) is 0 Å². The standard InChI is InChI=1S/C32H33NO3/c1-32(2)24-17-21(20-11-7-5-8-12-20)13-14-22(24)28-25(32)19-26(34)23-18-27(35-3)30(31(36-4)29(23)28)33-15-9-6-10-16-33/h5,7-8,11-14,17-19,34H,6,9-10,15-16H2,1-4H3. The quantitative estimate of drug-likeness (QED) is 0.329. The zero-order valence-corrected chi connectivity index (χ0v) is 21.5. The third-order valence-electron chi connectivity index (χ3n) is 8.14. The largest absolute Gasteiger partial charge is 0.507 e. The Labute approximate surface area is 213 Å². The fraction of sp³-hybridized carbons (Fsp3) is 0.312. The molecule has 1 fully saturated rings. The van der Waals surface area contributed by atoms with Crippen LogP contribution in [0.1, 0.15) is 44.2 Å². The average Bonchev–Trinajstić information content (AvgIpc) is 3.14. The van der Waals surface area contributed by atoms with Crippen LogP contribution in [0.3, 0.4) is 0 Å². The Balaban J connectivity index is 1.67. The van der Waals surface area contributed by atoms with Crippen LogP contribution in [0.2, 0.25) is 0 Å². The SMILES string of the molecule is COc1cc2c(O)cc3c(c2c(OC)c1N1CCCCC1)-c1ccc(-c2ccccc2)cc1C3(C)C. The zero-order chi connectivity index (χ0) is 25.0. The molecule has 0 radical (unpaired) electrons. The van der Waals surface area contributed by atoms with E-state index in [1.54, 1.807) is 14.2 Å². The van der Waals surface area contributed by atoms with Crippen LogP contribution in [0.5, 0.6) is 17.2 Å². The summed E-state index contributed by atoms with van der Waals surface area (Å²) in [6, 6.07) is 21.2. The highest BCUT2D eigenvalue weighted by Crippen LogP contribution is 2.58. The summed E-state index contributed by atoms with van der Waals surface area (Å²) >= 11 is 0. The number of anilines is 1. The number of rotatable bonds is 4. The molecule has 0 amide bonds. The predicted molar refractivity (Wildman–Crippen MR) is 148 cm³/mol. The number of fused-ring (bicyclic) bond motifs is 5. The summed E-state index contributed by atoms with van der Waals surface area (Å²) < 4.78 is 12.0.